The van der Waals surface area contributed by atoms with Gasteiger partial charge in [0.1, 0.15) is 5.69 Å². The van der Waals surface area contributed by atoms with Crippen LogP contribution in [0.5, 0.6) is 0 Å². The van der Waals surface area contributed by atoms with E-state index in [-0.39, 0.29) is 11.8 Å². The van der Waals surface area contributed by atoms with Crippen LogP contribution >= 0.6 is 0 Å². The second-order valence-corrected chi connectivity index (χ2v) is 6.47. The van der Waals surface area contributed by atoms with Gasteiger partial charge in [-0.15, -0.1) is 0 Å². The summed E-state index contributed by atoms with van der Waals surface area (Å²) in [6.07, 6.45) is 6.95. The second kappa shape index (κ2) is 5.37. The molecule has 1 N–H and O–H groups in total. The number of aliphatic hydroxyl groups is 1. The highest BCUT2D eigenvalue weighted by atomic mass is 16.3. The molecule has 1 aliphatic heterocycles. The number of rotatable bonds is 2. The number of amides is 1. The van der Waals surface area contributed by atoms with Gasteiger partial charge in [0.15, 0.2) is 0 Å². The maximum absolute atomic E-state index is 12.5. The van der Waals surface area contributed by atoms with E-state index in [1.807, 2.05) is 18.7 Å². The number of carbonyl (C=O) groups is 1. The van der Waals surface area contributed by atoms with Crippen LogP contribution in [0.4, 0.5) is 0 Å². The number of aromatic nitrogens is 2. The lowest BCUT2D eigenvalue weighted by Crippen LogP contribution is -2.44. The van der Waals surface area contributed by atoms with E-state index in [0.717, 1.165) is 37.9 Å². The molecule has 0 unspecified atom stereocenters. The summed E-state index contributed by atoms with van der Waals surface area (Å²) in [5.74, 6) is 0.569. The Morgan fingerprint density at radius 2 is 2.24 bits per heavy atom. The zero-order valence-electron chi connectivity index (χ0n) is 12.7. The van der Waals surface area contributed by atoms with Gasteiger partial charge in [0, 0.05) is 25.2 Å². The Morgan fingerprint density at radius 1 is 1.43 bits per heavy atom. The molecule has 5 heteroatoms. The van der Waals surface area contributed by atoms with Crippen LogP contribution in [0.15, 0.2) is 12.4 Å². The zero-order chi connectivity index (χ0) is 15.0. The number of fused-ring (bicyclic) bond motifs is 1. The fourth-order valence-electron chi connectivity index (χ4n) is 3.90. The van der Waals surface area contributed by atoms with Crippen LogP contribution in [0.2, 0.25) is 0 Å². The first-order chi connectivity index (χ1) is 10.0. The van der Waals surface area contributed by atoms with Crippen LogP contribution in [-0.4, -0.2) is 44.6 Å². The molecule has 3 atom stereocenters. The van der Waals surface area contributed by atoms with E-state index in [1.54, 1.807) is 12.4 Å². The van der Waals surface area contributed by atoms with Gasteiger partial charge in [0.25, 0.3) is 5.91 Å². The summed E-state index contributed by atoms with van der Waals surface area (Å²) in [6, 6.07) is 0. The first kappa shape index (κ1) is 14.4. The normalized spacial score (nSPS) is 32.0. The summed E-state index contributed by atoms with van der Waals surface area (Å²) >= 11 is 0. The summed E-state index contributed by atoms with van der Waals surface area (Å²) in [5.41, 5.74) is 0.609. The smallest absolute Gasteiger partial charge is 0.274 e. The van der Waals surface area contributed by atoms with Crippen molar-refractivity contribution in [3.63, 3.8) is 0 Å². The van der Waals surface area contributed by atoms with Crippen LogP contribution in [0.25, 0.3) is 0 Å². The van der Waals surface area contributed by atoms with Crippen molar-refractivity contribution in [2.45, 2.75) is 45.1 Å². The largest absolute Gasteiger partial charge is 0.390 e. The molecule has 2 fully saturated rings. The molecule has 0 bridgehead atoms. The number of hydrogen-bond acceptors (Lipinski definition) is 4. The van der Waals surface area contributed by atoms with E-state index in [0.29, 0.717) is 18.2 Å². The third-order valence-electron chi connectivity index (χ3n) is 5.22. The van der Waals surface area contributed by atoms with Gasteiger partial charge in [0.2, 0.25) is 0 Å². The van der Waals surface area contributed by atoms with Gasteiger partial charge < -0.3 is 10.0 Å². The van der Waals surface area contributed by atoms with Crippen LogP contribution in [0.1, 0.15) is 48.8 Å². The van der Waals surface area contributed by atoms with Crippen molar-refractivity contribution in [1.29, 1.82) is 0 Å². The predicted octanol–water partition coefficient (Wildman–Crippen LogP) is 1.80. The lowest BCUT2D eigenvalue weighted by molar-refractivity contribution is -0.0609. The van der Waals surface area contributed by atoms with Crippen molar-refractivity contribution >= 4 is 5.91 Å². The minimum atomic E-state index is -0.600. The molecule has 5 nitrogen and oxygen atoms in total. The number of carbonyl (C=O) groups excluding carboxylic acids is 1. The van der Waals surface area contributed by atoms with Gasteiger partial charge in [-0.25, -0.2) is 4.98 Å². The Morgan fingerprint density at radius 3 is 2.90 bits per heavy atom. The minimum Gasteiger partial charge on any atom is -0.390 e. The van der Waals surface area contributed by atoms with Crippen molar-refractivity contribution < 1.29 is 9.90 Å². The molecule has 0 aromatic carbocycles. The summed E-state index contributed by atoms with van der Waals surface area (Å²) in [5, 5.41) is 10.8. The fraction of sp³-hybridized carbons (Fsp3) is 0.688. The van der Waals surface area contributed by atoms with Crippen LogP contribution in [0, 0.1) is 18.8 Å². The van der Waals surface area contributed by atoms with Gasteiger partial charge in [-0.1, -0.05) is 13.3 Å². The summed E-state index contributed by atoms with van der Waals surface area (Å²) in [7, 11) is 0. The Balaban J connectivity index is 1.77. The van der Waals surface area contributed by atoms with Crippen LogP contribution in [0.3, 0.4) is 0 Å². The third-order valence-corrected chi connectivity index (χ3v) is 5.22. The molecular weight excluding hydrogens is 266 g/mol. The first-order valence-electron chi connectivity index (χ1n) is 7.84. The van der Waals surface area contributed by atoms with Crippen molar-refractivity contribution in [1.82, 2.24) is 14.9 Å². The fourth-order valence-corrected chi connectivity index (χ4v) is 3.90. The standard InChI is InChI=1S/C16H23N3O2/c1-3-16(21)6-4-5-12-9-19(10-13(12)16)15(20)14-8-17-11(2)7-18-14/h7-8,12-13,21H,3-6,9-10H2,1-2H3/t12-,13+,16-/m1/s1. The lowest BCUT2D eigenvalue weighted by atomic mass is 9.69. The average Bonchev–Trinajstić information content (AvgIpc) is 2.93. The predicted molar refractivity (Wildman–Crippen MR) is 78.7 cm³/mol. The van der Waals surface area contributed by atoms with Gasteiger partial charge in [-0.05, 0) is 32.1 Å². The number of aryl methyl sites for hydroxylation is 1. The molecule has 2 aliphatic rings. The topological polar surface area (TPSA) is 66.3 Å². The van der Waals surface area contributed by atoms with E-state index in [4.69, 9.17) is 0 Å². The molecule has 1 saturated heterocycles. The monoisotopic (exact) mass is 289 g/mol. The Labute approximate surface area is 125 Å². The van der Waals surface area contributed by atoms with Crippen molar-refractivity contribution in [3.8, 4) is 0 Å². The third kappa shape index (κ3) is 2.55. The molecule has 3 rings (SSSR count). The van der Waals surface area contributed by atoms with E-state index in [9.17, 15) is 9.90 Å². The molecule has 1 aromatic heterocycles. The molecule has 0 spiro atoms. The van der Waals surface area contributed by atoms with E-state index in [1.165, 1.54) is 0 Å². The van der Waals surface area contributed by atoms with Gasteiger partial charge in [-0.3, -0.25) is 9.78 Å². The Bertz CT molecular complexity index is 531. The van der Waals surface area contributed by atoms with E-state index >= 15 is 0 Å². The Hall–Kier alpha value is -1.49. The maximum atomic E-state index is 12.5. The number of nitrogens with zero attached hydrogens (tertiary/aromatic N) is 3. The number of hydrogen-bond donors (Lipinski definition) is 1. The van der Waals surface area contributed by atoms with Crippen molar-refractivity contribution in [2.75, 3.05) is 13.1 Å². The molecule has 21 heavy (non-hydrogen) atoms. The average molecular weight is 289 g/mol. The highest BCUT2D eigenvalue weighted by molar-refractivity contribution is 5.92. The highest BCUT2D eigenvalue weighted by Gasteiger charge is 2.48. The molecule has 1 saturated carbocycles. The van der Waals surface area contributed by atoms with Crippen LogP contribution < -0.4 is 0 Å². The SMILES string of the molecule is CC[C@@]1(O)CCC[C@@H]2CN(C(=O)c3cnc(C)cn3)C[C@@H]21. The van der Waals surface area contributed by atoms with Gasteiger partial charge in [-0.2, -0.15) is 0 Å². The molecular formula is C16H23N3O2. The summed E-state index contributed by atoms with van der Waals surface area (Å²) in [6.45, 7) is 5.27. The second-order valence-electron chi connectivity index (χ2n) is 6.47. The van der Waals surface area contributed by atoms with Gasteiger partial charge in [0.05, 0.1) is 17.5 Å². The van der Waals surface area contributed by atoms with Crippen LogP contribution in [-0.2, 0) is 0 Å². The first-order valence-corrected chi connectivity index (χ1v) is 7.84. The summed E-state index contributed by atoms with van der Waals surface area (Å²) in [4.78, 5) is 22.7. The van der Waals surface area contributed by atoms with Crippen molar-refractivity contribution in [2.24, 2.45) is 11.8 Å². The lowest BCUT2D eigenvalue weighted by Gasteiger charge is -2.40. The molecule has 1 aliphatic carbocycles. The molecule has 1 amide bonds. The van der Waals surface area contributed by atoms with Gasteiger partial charge >= 0.3 is 0 Å². The van der Waals surface area contributed by atoms with E-state index < -0.39 is 5.60 Å². The molecule has 114 valence electrons. The highest BCUT2D eigenvalue weighted by Crippen LogP contribution is 2.44. The maximum Gasteiger partial charge on any atom is 0.274 e. The molecule has 2 heterocycles. The minimum absolute atomic E-state index is 0.0599. The molecule has 0 radical (unpaired) electrons. The Kier molecular flexibility index (Phi) is 3.69. The van der Waals surface area contributed by atoms with E-state index in [2.05, 4.69) is 9.97 Å². The summed E-state index contributed by atoms with van der Waals surface area (Å²) < 4.78 is 0. The quantitative estimate of drug-likeness (QED) is 0.901. The number of likely N-dealkylation sites (tertiary alicyclic amines) is 1. The molecule has 1 aromatic rings. The zero-order valence-corrected chi connectivity index (χ0v) is 12.7. The van der Waals surface area contributed by atoms with Crippen molar-refractivity contribution in [3.05, 3.63) is 23.8 Å².